The van der Waals surface area contributed by atoms with E-state index in [0.717, 1.165) is 11.3 Å². The van der Waals surface area contributed by atoms with E-state index >= 15 is 0 Å². The first kappa shape index (κ1) is 12.3. The number of carbonyl (C=O) groups is 1. The minimum absolute atomic E-state index is 0.0419. The Labute approximate surface area is 102 Å². The van der Waals surface area contributed by atoms with Crippen molar-refractivity contribution in [3.63, 3.8) is 0 Å². The van der Waals surface area contributed by atoms with Crippen molar-refractivity contribution in [1.82, 2.24) is 10.2 Å². The largest absolute Gasteiger partial charge is 0.374 e. The zero-order chi connectivity index (χ0) is 13.3. The Morgan fingerprint density at radius 1 is 1.22 bits per heavy atom. The first-order chi connectivity index (χ1) is 8.47. The molecule has 0 unspecified atom stereocenters. The Bertz CT molecular complexity index is 593. The molecule has 0 aliphatic rings. The molecule has 1 heterocycles. The van der Waals surface area contributed by atoms with Gasteiger partial charge in [0.1, 0.15) is 11.5 Å². The van der Waals surface area contributed by atoms with Crippen molar-refractivity contribution in [2.24, 2.45) is 0 Å². The van der Waals surface area contributed by atoms with Crippen molar-refractivity contribution in [2.75, 3.05) is 11.1 Å². The molecule has 5 nitrogen and oxygen atoms in total. The molecule has 0 bridgehead atoms. The summed E-state index contributed by atoms with van der Waals surface area (Å²) in [5.41, 5.74) is 4.50. The summed E-state index contributed by atoms with van der Waals surface area (Å²) in [4.78, 5) is 11.5. The highest BCUT2D eigenvalue weighted by molar-refractivity contribution is 7.16. The molecule has 94 valence electrons. The molecule has 2 aromatic rings. The second kappa shape index (κ2) is 4.61. The summed E-state index contributed by atoms with van der Waals surface area (Å²) in [6.45, 7) is 0. The van der Waals surface area contributed by atoms with E-state index in [1.165, 1.54) is 0 Å². The first-order valence-corrected chi connectivity index (χ1v) is 5.34. The number of aromatic nitrogens is 2. The van der Waals surface area contributed by atoms with Gasteiger partial charge in [-0.3, -0.25) is 4.79 Å². The van der Waals surface area contributed by atoms with Gasteiger partial charge in [-0.05, 0) is 0 Å². The SMILES string of the molecule is Nc1nnc(C(=O)Nc2c(F)cc(F)cc2F)s1. The maximum absolute atomic E-state index is 13.2. The van der Waals surface area contributed by atoms with Crippen molar-refractivity contribution >= 4 is 28.1 Å². The van der Waals surface area contributed by atoms with E-state index in [1.54, 1.807) is 0 Å². The molecule has 0 radical (unpaired) electrons. The fourth-order valence-corrected chi connectivity index (χ4v) is 1.66. The van der Waals surface area contributed by atoms with E-state index in [4.69, 9.17) is 5.73 Å². The second-order valence-corrected chi connectivity index (χ2v) is 4.15. The third-order valence-electron chi connectivity index (χ3n) is 1.88. The number of nitrogen functional groups attached to an aromatic ring is 1. The number of carbonyl (C=O) groups excluding carboxylic acids is 1. The number of nitrogens with two attached hydrogens (primary N) is 1. The molecule has 3 N–H and O–H groups in total. The van der Waals surface area contributed by atoms with E-state index in [0.29, 0.717) is 12.1 Å². The number of hydrogen-bond acceptors (Lipinski definition) is 5. The van der Waals surface area contributed by atoms with Gasteiger partial charge in [-0.25, -0.2) is 13.2 Å². The smallest absolute Gasteiger partial charge is 0.286 e. The van der Waals surface area contributed by atoms with Gasteiger partial charge in [0.25, 0.3) is 5.91 Å². The van der Waals surface area contributed by atoms with E-state index in [9.17, 15) is 18.0 Å². The predicted molar refractivity (Wildman–Crippen MR) is 58.6 cm³/mol. The second-order valence-electron chi connectivity index (χ2n) is 3.14. The molecule has 0 atom stereocenters. The maximum Gasteiger partial charge on any atom is 0.286 e. The number of halogens is 3. The van der Waals surface area contributed by atoms with Crippen LogP contribution in [0.2, 0.25) is 0 Å². The Hall–Kier alpha value is -2.16. The summed E-state index contributed by atoms with van der Waals surface area (Å²) in [5, 5.41) is 8.59. The highest BCUT2D eigenvalue weighted by atomic mass is 32.1. The van der Waals surface area contributed by atoms with Crippen LogP contribution in [0.5, 0.6) is 0 Å². The van der Waals surface area contributed by atoms with Gasteiger partial charge in [-0.15, -0.1) is 10.2 Å². The lowest BCUT2D eigenvalue weighted by molar-refractivity contribution is 0.102. The van der Waals surface area contributed by atoms with Crippen molar-refractivity contribution in [2.45, 2.75) is 0 Å². The van der Waals surface area contributed by atoms with Gasteiger partial charge in [-0.1, -0.05) is 11.3 Å². The van der Waals surface area contributed by atoms with E-state index in [2.05, 4.69) is 10.2 Å². The molecule has 1 aromatic heterocycles. The lowest BCUT2D eigenvalue weighted by Gasteiger charge is -2.05. The molecule has 0 saturated carbocycles. The topological polar surface area (TPSA) is 80.9 Å². The number of amides is 1. The summed E-state index contributed by atoms with van der Waals surface area (Å²) >= 11 is 0.754. The highest BCUT2D eigenvalue weighted by Gasteiger charge is 2.17. The summed E-state index contributed by atoms with van der Waals surface area (Å²) < 4.78 is 39.1. The highest BCUT2D eigenvalue weighted by Crippen LogP contribution is 2.21. The maximum atomic E-state index is 13.2. The lowest BCUT2D eigenvalue weighted by Crippen LogP contribution is -2.14. The minimum Gasteiger partial charge on any atom is -0.374 e. The van der Waals surface area contributed by atoms with Gasteiger partial charge in [0.05, 0.1) is 0 Å². The molecular formula is C9H5F3N4OS. The molecule has 0 aliphatic heterocycles. The van der Waals surface area contributed by atoms with Crippen LogP contribution in [-0.2, 0) is 0 Å². The molecule has 1 aromatic carbocycles. The van der Waals surface area contributed by atoms with Crippen molar-refractivity contribution < 1.29 is 18.0 Å². The quantitative estimate of drug-likeness (QED) is 0.874. The van der Waals surface area contributed by atoms with Gasteiger partial charge in [-0.2, -0.15) is 0 Å². The number of nitrogens with one attached hydrogen (secondary N) is 1. The number of anilines is 2. The zero-order valence-corrected chi connectivity index (χ0v) is 9.39. The summed E-state index contributed by atoms with van der Waals surface area (Å²) in [6.07, 6.45) is 0. The molecule has 18 heavy (non-hydrogen) atoms. The fraction of sp³-hybridized carbons (Fsp3) is 0. The third-order valence-corrected chi connectivity index (χ3v) is 2.63. The van der Waals surface area contributed by atoms with Gasteiger partial charge < -0.3 is 11.1 Å². The summed E-state index contributed by atoms with van der Waals surface area (Å²) in [7, 11) is 0. The molecule has 2 rings (SSSR count). The number of benzene rings is 1. The van der Waals surface area contributed by atoms with Crippen LogP contribution in [0.15, 0.2) is 12.1 Å². The van der Waals surface area contributed by atoms with Gasteiger partial charge in [0.2, 0.25) is 10.1 Å². The Kier molecular flexibility index (Phi) is 3.15. The molecule has 0 saturated heterocycles. The van der Waals surface area contributed by atoms with Crippen molar-refractivity contribution in [3.05, 3.63) is 34.6 Å². The molecule has 1 amide bonds. The predicted octanol–water partition coefficient (Wildman–Crippen LogP) is 1.79. The van der Waals surface area contributed by atoms with Crippen LogP contribution in [-0.4, -0.2) is 16.1 Å². The van der Waals surface area contributed by atoms with Crippen molar-refractivity contribution in [3.8, 4) is 0 Å². The van der Waals surface area contributed by atoms with Gasteiger partial charge >= 0.3 is 0 Å². The first-order valence-electron chi connectivity index (χ1n) is 4.52. The number of rotatable bonds is 2. The van der Waals surface area contributed by atoms with Crippen LogP contribution < -0.4 is 11.1 Å². The van der Waals surface area contributed by atoms with Gasteiger partial charge in [0, 0.05) is 12.1 Å². The van der Waals surface area contributed by atoms with Crippen LogP contribution in [0.25, 0.3) is 0 Å². The molecule has 9 heteroatoms. The van der Waals surface area contributed by atoms with Crippen LogP contribution in [0.1, 0.15) is 9.80 Å². The van der Waals surface area contributed by atoms with E-state index in [1.807, 2.05) is 5.32 Å². The zero-order valence-electron chi connectivity index (χ0n) is 8.58. The standard InChI is InChI=1S/C9H5F3N4OS/c10-3-1-4(11)6(5(12)2-3)14-7(17)8-15-16-9(13)18-8/h1-2H,(H2,13,16)(H,14,17). The van der Waals surface area contributed by atoms with Crippen LogP contribution in [0.3, 0.4) is 0 Å². The number of hydrogen-bond donors (Lipinski definition) is 2. The molecule has 0 aliphatic carbocycles. The summed E-state index contributed by atoms with van der Waals surface area (Å²) in [5.74, 6) is -4.41. The average Bonchev–Trinajstić information content (AvgIpc) is 2.70. The summed E-state index contributed by atoms with van der Waals surface area (Å²) in [6, 6.07) is 0.903. The van der Waals surface area contributed by atoms with Gasteiger partial charge in [0.15, 0.2) is 11.6 Å². The average molecular weight is 274 g/mol. The van der Waals surface area contributed by atoms with Crippen LogP contribution in [0.4, 0.5) is 24.0 Å². The van der Waals surface area contributed by atoms with Crippen LogP contribution >= 0.6 is 11.3 Å². The Morgan fingerprint density at radius 3 is 2.33 bits per heavy atom. The monoisotopic (exact) mass is 274 g/mol. The lowest BCUT2D eigenvalue weighted by atomic mass is 10.2. The fourth-order valence-electron chi connectivity index (χ4n) is 1.15. The molecule has 0 fully saturated rings. The Morgan fingerprint density at radius 2 is 1.83 bits per heavy atom. The molecular weight excluding hydrogens is 269 g/mol. The number of nitrogens with zero attached hydrogens (tertiary/aromatic N) is 2. The minimum atomic E-state index is -1.22. The third kappa shape index (κ3) is 2.40. The van der Waals surface area contributed by atoms with Crippen molar-refractivity contribution in [1.29, 1.82) is 0 Å². The van der Waals surface area contributed by atoms with E-state index < -0.39 is 29.0 Å². The van der Waals surface area contributed by atoms with E-state index in [-0.39, 0.29) is 10.1 Å². The normalized spacial score (nSPS) is 10.4. The molecule has 0 spiro atoms. The Balaban J connectivity index is 2.27. The van der Waals surface area contributed by atoms with Crippen LogP contribution in [0, 0.1) is 17.5 Å².